The Labute approximate surface area is 117 Å². The fraction of sp³-hybridized carbons (Fsp3) is 0.400. The van der Waals surface area contributed by atoms with Crippen LogP contribution in [-0.2, 0) is 12.8 Å². The van der Waals surface area contributed by atoms with E-state index in [1.54, 1.807) is 12.1 Å². The zero-order valence-electron chi connectivity index (χ0n) is 12.2. The Hall–Kier alpha value is -2.17. The van der Waals surface area contributed by atoms with Crippen LogP contribution in [0.5, 0.6) is 0 Å². The first kappa shape index (κ1) is 14.2. The molecule has 0 aliphatic heterocycles. The second-order valence-electron chi connectivity index (χ2n) is 4.90. The van der Waals surface area contributed by atoms with Gasteiger partial charge in [-0.15, -0.1) is 0 Å². The van der Waals surface area contributed by atoms with E-state index < -0.39 is 5.78 Å². The SMILES string of the molecule is CCc1cc2c(cc1CC)[n+](=O)c(C(C)=O)c(C)n2[O-]. The molecular weight excluding hydrogens is 256 g/mol. The predicted molar refractivity (Wildman–Crippen MR) is 77.6 cm³/mol. The molecule has 0 amide bonds. The van der Waals surface area contributed by atoms with Crippen LogP contribution in [0.25, 0.3) is 11.0 Å². The first-order valence-corrected chi connectivity index (χ1v) is 6.74. The van der Waals surface area contributed by atoms with Gasteiger partial charge in [0.15, 0.2) is 0 Å². The van der Waals surface area contributed by atoms with Gasteiger partial charge in [-0.05, 0) is 37.0 Å². The fourth-order valence-corrected chi connectivity index (χ4v) is 2.59. The van der Waals surface area contributed by atoms with Crippen molar-refractivity contribution in [1.82, 2.24) is 4.73 Å². The van der Waals surface area contributed by atoms with E-state index in [9.17, 15) is 14.9 Å². The van der Waals surface area contributed by atoms with E-state index in [0.717, 1.165) is 24.0 Å². The van der Waals surface area contributed by atoms with Crippen molar-refractivity contribution < 1.29 is 9.22 Å². The average molecular weight is 274 g/mol. The molecule has 0 radical (unpaired) electrons. The summed E-state index contributed by atoms with van der Waals surface area (Å²) in [7, 11) is 0. The molecule has 2 aromatic rings. The number of nitrogens with zero attached hydrogens (tertiary/aromatic N) is 2. The average Bonchev–Trinajstić information content (AvgIpc) is 2.43. The van der Waals surface area contributed by atoms with Crippen molar-refractivity contribution >= 4 is 16.8 Å². The van der Waals surface area contributed by atoms with E-state index in [2.05, 4.69) is 0 Å². The lowest BCUT2D eigenvalue weighted by atomic mass is 10.0. The summed E-state index contributed by atoms with van der Waals surface area (Å²) in [6.45, 7) is 6.80. The molecule has 5 heteroatoms. The predicted octanol–water partition coefficient (Wildman–Crippen LogP) is 2.54. The van der Waals surface area contributed by atoms with Crippen LogP contribution in [0, 0.1) is 17.0 Å². The van der Waals surface area contributed by atoms with Crippen LogP contribution in [0.3, 0.4) is 0 Å². The highest BCUT2D eigenvalue weighted by Crippen LogP contribution is 2.20. The van der Waals surface area contributed by atoms with Gasteiger partial charge in [-0.25, -0.2) is 0 Å². The lowest BCUT2D eigenvalue weighted by Gasteiger charge is -2.17. The summed E-state index contributed by atoms with van der Waals surface area (Å²) in [6.07, 6.45) is 1.58. The van der Waals surface area contributed by atoms with E-state index in [1.807, 2.05) is 13.8 Å². The smallest absolute Gasteiger partial charge is 0.324 e. The third-order valence-corrected chi connectivity index (χ3v) is 3.68. The lowest BCUT2D eigenvalue weighted by Crippen LogP contribution is -2.29. The Kier molecular flexibility index (Phi) is 3.61. The number of rotatable bonds is 3. The van der Waals surface area contributed by atoms with Crippen molar-refractivity contribution in [2.45, 2.75) is 40.5 Å². The summed E-state index contributed by atoms with van der Waals surface area (Å²) in [5.41, 5.74) is 2.72. The molecule has 0 N–H and O–H groups in total. The molecule has 20 heavy (non-hydrogen) atoms. The number of benzene rings is 1. The van der Waals surface area contributed by atoms with Crippen molar-refractivity contribution in [3.63, 3.8) is 0 Å². The maximum absolute atomic E-state index is 12.4. The monoisotopic (exact) mass is 274 g/mol. The largest absolute Gasteiger partial charge is 0.805 e. The first-order chi connectivity index (χ1) is 9.42. The normalized spacial score (nSPS) is 11.0. The van der Waals surface area contributed by atoms with Gasteiger partial charge in [0.2, 0.25) is 5.78 Å². The second kappa shape index (κ2) is 5.07. The number of hydrogen-bond donors (Lipinski definition) is 0. The van der Waals surface area contributed by atoms with Crippen molar-refractivity contribution in [3.05, 3.63) is 44.8 Å². The Bertz CT molecular complexity index is 760. The molecule has 1 heterocycles. The Balaban J connectivity index is 3.01. The zero-order chi connectivity index (χ0) is 15.0. The number of Topliss-reactive ketones (excluding diaryl/α,β-unsaturated/α-hetero) is 1. The molecule has 0 bridgehead atoms. The van der Waals surface area contributed by atoms with Crippen LogP contribution in [0.4, 0.5) is 0 Å². The second-order valence-corrected chi connectivity index (χ2v) is 4.90. The molecule has 5 nitrogen and oxygen atoms in total. The number of hydrogen-bond acceptors (Lipinski definition) is 3. The van der Waals surface area contributed by atoms with Crippen molar-refractivity contribution in [2.24, 2.45) is 0 Å². The minimum atomic E-state index is -0.401. The molecule has 2 rings (SSSR count). The van der Waals surface area contributed by atoms with Crippen LogP contribution < -0.4 is 4.43 Å². The highest BCUT2D eigenvalue weighted by molar-refractivity contribution is 5.93. The van der Waals surface area contributed by atoms with Gasteiger partial charge in [0.1, 0.15) is 5.52 Å². The summed E-state index contributed by atoms with van der Waals surface area (Å²) in [5, 5.41) is 12.3. The molecule has 0 saturated heterocycles. The number of aromatic nitrogens is 2. The van der Waals surface area contributed by atoms with Crippen LogP contribution in [-0.4, -0.2) is 10.5 Å². The number of ketones is 1. The summed E-state index contributed by atoms with van der Waals surface area (Å²) >= 11 is 0. The summed E-state index contributed by atoms with van der Waals surface area (Å²) < 4.78 is 1.26. The molecule has 0 saturated carbocycles. The highest BCUT2D eigenvalue weighted by atomic mass is 16.5. The number of carbonyl (C=O) groups is 1. The van der Waals surface area contributed by atoms with Crippen LogP contribution >= 0.6 is 0 Å². The number of fused-ring (bicyclic) bond motifs is 1. The summed E-state index contributed by atoms with van der Waals surface area (Å²) in [5.74, 6) is -0.401. The third kappa shape index (κ3) is 1.99. The molecule has 0 fully saturated rings. The molecule has 0 unspecified atom stereocenters. The highest BCUT2D eigenvalue weighted by Gasteiger charge is 2.24. The molecule has 0 spiro atoms. The quantitative estimate of drug-likeness (QED) is 0.638. The van der Waals surface area contributed by atoms with E-state index in [-0.39, 0.29) is 16.9 Å². The van der Waals surface area contributed by atoms with Gasteiger partial charge in [-0.1, -0.05) is 13.8 Å². The molecule has 0 aliphatic carbocycles. The summed E-state index contributed by atoms with van der Waals surface area (Å²) in [6, 6.07) is 3.48. The van der Waals surface area contributed by atoms with E-state index >= 15 is 0 Å². The topological polar surface area (TPSA) is 68.0 Å². The summed E-state index contributed by atoms with van der Waals surface area (Å²) in [4.78, 5) is 23.9. The van der Waals surface area contributed by atoms with Gasteiger partial charge < -0.3 is 9.94 Å². The van der Waals surface area contributed by atoms with Gasteiger partial charge in [0, 0.05) is 17.9 Å². The lowest BCUT2D eigenvalue weighted by molar-refractivity contribution is -0.468. The number of aryl methyl sites for hydroxylation is 2. The Morgan fingerprint density at radius 1 is 1.25 bits per heavy atom. The standard InChI is InChI=1S/C15H18N2O3/c1-5-11-7-13-14(8-12(11)6-2)17(20)15(10(4)18)9(3)16(13)19/h7-8H,5-6H2,1-4H3. The Morgan fingerprint density at radius 2 is 1.80 bits per heavy atom. The molecule has 0 atom stereocenters. The minimum Gasteiger partial charge on any atom is -0.805 e. The van der Waals surface area contributed by atoms with Gasteiger partial charge in [-0.2, -0.15) is 0 Å². The van der Waals surface area contributed by atoms with E-state index in [4.69, 9.17) is 0 Å². The maximum atomic E-state index is 12.4. The van der Waals surface area contributed by atoms with Crippen LogP contribution in [0.15, 0.2) is 12.1 Å². The van der Waals surface area contributed by atoms with Gasteiger partial charge >= 0.3 is 5.69 Å². The third-order valence-electron chi connectivity index (χ3n) is 3.68. The number of carbonyl (C=O) groups excluding carboxylic acids is 1. The van der Waals surface area contributed by atoms with Crippen molar-refractivity contribution in [2.75, 3.05) is 0 Å². The Morgan fingerprint density at radius 3 is 2.30 bits per heavy atom. The molecule has 1 aromatic carbocycles. The van der Waals surface area contributed by atoms with Gasteiger partial charge in [-0.3, -0.25) is 4.79 Å². The van der Waals surface area contributed by atoms with Gasteiger partial charge in [0.05, 0.1) is 10.1 Å². The van der Waals surface area contributed by atoms with E-state index in [1.165, 1.54) is 13.8 Å². The van der Waals surface area contributed by atoms with Crippen LogP contribution in [0.2, 0.25) is 0 Å². The van der Waals surface area contributed by atoms with Gasteiger partial charge in [0.25, 0.3) is 5.52 Å². The van der Waals surface area contributed by atoms with Crippen LogP contribution in [0.1, 0.15) is 48.1 Å². The van der Waals surface area contributed by atoms with E-state index in [0.29, 0.717) is 14.7 Å². The zero-order valence-corrected chi connectivity index (χ0v) is 12.2. The molecule has 106 valence electrons. The van der Waals surface area contributed by atoms with Crippen molar-refractivity contribution in [1.29, 1.82) is 0 Å². The fourth-order valence-electron chi connectivity index (χ4n) is 2.59. The molecule has 1 aromatic heterocycles. The first-order valence-electron chi connectivity index (χ1n) is 6.74. The minimum absolute atomic E-state index is 0.0844. The molecule has 0 aliphatic rings. The van der Waals surface area contributed by atoms with Crippen molar-refractivity contribution in [3.8, 4) is 0 Å². The maximum Gasteiger partial charge on any atom is 0.324 e. The molecular formula is C15H18N2O3.